The highest BCUT2D eigenvalue weighted by atomic mass is 16.5. The minimum atomic E-state index is -0.820. The summed E-state index contributed by atoms with van der Waals surface area (Å²) in [5.74, 6) is -0.134. The van der Waals surface area contributed by atoms with Crippen molar-refractivity contribution in [2.24, 2.45) is 0 Å². The van der Waals surface area contributed by atoms with Crippen LogP contribution in [-0.4, -0.2) is 60.2 Å². The SMILES string of the molecule is C[C@@]1(CCc2ccccc2)NC(=O)N(CN2CCOCC2)C1=O. The fraction of sp³-hybridized carbons (Fsp3) is 0.529. The van der Waals surface area contributed by atoms with Crippen molar-refractivity contribution in [3.05, 3.63) is 35.9 Å². The van der Waals surface area contributed by atoms with E-state index in [4.69, 9.17) is 4.74 Å². The van der Waals surface area contributed by atoms with E-state index >= 15 is 0 Å². The van der Waals surface area contributed by atoms with Crippen molar-refractivity contribution in [2.45, 2.75) is 25.3 Å². The summed E-state index contributed by atoms with van der Waals surface area (Å²) in [4.78, 5) is 28.3. The number of rotatable bonds is 5. The van der Waals surface area contributed by atoms with Crippen LogP contribution in [0.25, 0.3) is 0 Å². The van der Waals surface area contributed by atoms with Gasteiger partial charge in [0.25, 0.3) is 5.91 Å². The van der Waals surface area contributed by atoms with Crippen molar-refractivity contribution in [3.8, 4) is 0 Å². The lowest BCUT2D eigenvalue weighted by molar-refractivity contribution is -0.133. The molecular weight excluding hydrogens is 294 g/mol. The maximum Gasteiger partial charge on any atom is 0.326 e. The summed E-state index contributed by atoms with van der Waals surface area (Å²) in [5.41, 5.74) is 0.349. The number of benzene rings is 1. The number of ether oxygens (including phenoxy) is 1. The van der Waals surface area contributed by atoms with E-state index in [9.17, 15) is 9.59 Å². The fourth-order valence-electron chi connectivity index (χ4n) is 3.03. The average molecular weight is 317 g/mol. The molecule has 0 aliphatic carbocycles. The molecule has 1 N–H and O–H groups in total. The molecule has 1 aromatic rings. The van der Waals surface area contributed by atoms with Crippen LogP contribution in [-0.2, 0) is 16.0 Å². The Labute approximate surface area is 136 Å². The van der Waals surface area contributed by atoms with Gasteiger partial charge in [0.15, 0.2) is 0 Å². The molecule has 0 unspecified atom stereocenters. The van der Waals surface area contributed by atoms with E-state index in [1.807, 2.05) is 37.3 Å². The van der Waals surface area contributed by atoms with Crippen molar-refractivity contribution in [1.29, 1.82) is 0 Å². The summed E-state index contributed by atoms with van der Waals surface area (Å²) in [6, 6.07) is 9.72. The maximum atomic E-state index is 12.7. The van der Waals surface area contributed by atoms with Crippen molar-refractivity contribution >= 4 is 11.9 Å². The van der Waals surface area contributed by atoms with Gasteiger partial charge in [-0.15, -0.1) is 0 Å². The Hall–Kier alpha value is -1.92. The second-order valence-electron chi connectivity index (χ2n) is 6.35. The number of imide groups is 1. The zero-order chi connectivity index (χ0) is 16.3. The smallest absolute Gasteiger partial charge is 0.326 e. The molecule has 124 valence electrons. The van der Waals surface area contributed by atoms with Crippen LogP contribution in [0.4, 0.5) is 4.79 Å². The highest BCUT2D eigenvalue weighted by Gasteiger charge is 2.47. The number of hydrogen-bond donors (Lipinski definition) is 1. The molecule has 0 radical (unpaired) electrons. The molecule has 2 aliphatic heterocycles. The second kappa shape index (κ2) is 6.68. The van der Waals surface area contributed by atoms with Crippen molar-refractivity contribution < 1.29 is 14.3 Å². The first-order valence-electron chi connectivity index (χ1n) is 8.07. The summed E-state index contributed by atoms with van der Waals surface area (Å²) < 4.78 is 5.30. The van der Waals surface area contributed by atoms with Crippen molar-refractivity contribution in [3.63, 3.8) is 0 Å². The van der Waals surface area contributed by atoms with Gasteiger partial charge in [-0.1, -0.05) is 30.3 Å². The predicted octanol–water partition coefficient (Wildman–Crippen LogP) is 1.22. The molecule has 2 fully saturated rings. The highest BCUT2D eigenvalue weighted by molar-refractivity contribution is 6.06. The van der Waals surface area contributed by atoms with Gasteiger partial charge in [0.2, 0.25) is 0 Å². The number of aryl methyl sites for hydroxylation is 1. The number of nitrogens with zero attached hydrogens (tertiary/aromatic N) is 2. The third kappa shape index (κ3) is 3.54. The summed E-state index contributed by atoms with van der Waals surface area (Å²) in [6.07, 6.45) is 1.36. The Kier molecular flexibility index (Phi) is 4.63. The first kappa shape index (κ1) is 16.0. The Bertz CT molecular complexity index is 572. The Morgan fingerprint density at radius 3 is 2.57 bits per heavy atom. The van der Waals surface area contributed by atoms with Gasteiger partial charge in [0, 0.05) is 13.1 Å². The third-order valence-corrected chi connectivity index (χ3v) is 4.55. The van der Waals surface area contributed by atoms with Gasteiger partial charge < -0.3 is 10.1 Å². The van der Waals surface area contributed by atoms with Crippen LogP contribution in [0.1, 0.15) is 18.9 Å². The monoisotopic (exact) mass is 317 g/mol. The summed E-state index contributed by atoms with van der Waals surface area (Å²) in [6.45, 7) is 4.95. The number of hydrogen-bond acceptors (Lipinski definition) is 4. The van der Waals surface area contributed by atoms with Crippen LogP contribution in [0, 0.1) is 0 Å². The van der Waals surface area contributed by atoms with E-state index in [2.05, 4.69) is 10.2 Å². The minimum absolute atomic E-state index is 0.134. The standard InChI is InChI=1S/C17H23N3O3/c1-17(8-7-14-5-3-2-4-6-14)15(21)20(16(22)18-17)13-19-9-11-23-12-10-19/h2-6H,7-13H2,1H3,(H,18,22)/t17-/m0/s1. The number of morpholine rings is 1. The molecule has 0 bridgehead atoms. The van der Waals surface area contributed by atoms with Gasteiger partial charge in [-0.2, -0.15) is 0 Å². The molecule has 2 saturated heterocycles. The fourth-order valence-corrected chi connectivity index (χ4v) is 3.03. The number of carbonyl (C=O) groups is 2. The van der Waals surface area contributed by atoms with E-state index in [1.165, 1.54) is 10.5 Å². The quantitative estimate of drug-likeness (QED) is 0.830. The molecule has 6 heteroatoms. The maximum absolute atomic E-state index is 12.7. The molecule has 23 heavy (non-hydrogen) atoms. The first-order chi connectivity index (χ1) is 11.1. The zero-order valence-corrected chi connectivity index (χ0v) is 13.5. The molecule has 6 nitrogen and oxygen atoms in total. The van der Waals surface area contributed by atoms with Gasteiger partial charge in [0.05, 0.1) is 19.9 Å². The van der Waals surface area contributed by atoms with Crippen LogP contribution in [0.3, 0.4) is 0 Å². The average Bonchev–Trinajstić information content (AvgIpc) is 2.79. The molecule has 0 spiro atoms. The van der Waals surface area contributed by atoms with Crippen LogP contribution >= 0.6 is 0 Å². The van der Waals surface area contributed by atoms with Gasteiger partial charge in [-0.25, -0.2) is 9.69 Å². The minimum Gasteiger partial charge on any atom is -0.379 e. The van der Waals surface area contributed by atoms with Crippen molar-refractivity contribution in [1.82, 2.24) is 15.1 Å². The number of urea groups is 1. The van der Waals surface area contributed by atoms with Gasteiger partial charge in [-0.05, 0) is 25.3 Å². The van der Waals surface area contributed by atoms with E-state index < -0.39 is 5.54 Å². The molecule has 2 heterocycles. The first-order valence-corrected chi connectivity index (χ1v) is 8.07. The van der Waals surface area contributed by atoms with Crippen LogP contribution in [0.15, 0.2) is 30.3 Å². The van der Waals surface area contributed by atoms with E-state index in [1.54, 1.807) is 0 Å². The molecule has 0 saturated carbocycles. The second-order valence-corrected chi connectivity index (χ2v) is 6.35. The lowest BCUT2D eigenvalue weighted by atomic mass is 9.93. The predicted molar refractivity (Wildman–Crippen MR) is 85.8 cm³/mol. The van der Waals surface area contributed by atoms with Crippen molar-refractivity contribution in [2.75, 3.05) is 33.0 Å². The van der Waals surface area contributed by atoms with Crippen LogP contribution in [0.5, 0.6) is 0 Å². The normalized spacial score (nSPS) is 25.7. The Morgan fingerprint density at radius 1 is 1.17 bits per heavy atom. The highest BCUT2D eigenvalue weighted by Crippen LogP contribution is 2.23. The number of amides is 3. The topological polar surface area (TPSA) is 61.9 Å². The Balaban J connectivity index is 1.62. The van der Waals surface area contributed by atoms with E-state index in [-0.39, 0.29) is 11.9 Å². The molecule has 1 aromatic carbocycles. The van der Waals surface area contributed by atoms with Gasteiger partial charge >= 0.3 is 6.03 Å². The molecular formula is C17H23N3O3. The summed E-state index contributed by atoms with van der Waals surface area (Å²) >= 11 is 0. The summed E-state index contributed by atoms with van der Waals surface area (Å²) in [5, 5.41) is 2.87. The van der Waals surface area contributed by atoms with E-state index in [0.717, 1.165) is 19.5 Å². The summed E-state index contributed by atoms with van der Waals surface area (Å²) in [7, 11) is 0. The molecule has 1 atom stereocenters. The number of carbonyl (C=O) groups excluding carboxylic acids is 2. The van der Waals surface area contributed by atoms with Crippen LogP contribution < -0.4 is 5.32 Å². The largest absolute Gasteiger partial charge is 0.379 e. The molecule has 3 rings (SSSR count). The van der Waals surface area contributed by atoms with Gasteiger partial charge in [-0.3, -0.25) is 9.69 Å². The molecule has 3 amide bonds. The van der Waals surface area contributed by atoms with Crippen LogP contribution in [0.2, 0.25) is 0 Å². The third-order valence-electron chi connectivity index (χ3n) is 4.55. The molecule has 0 aromatic heterocycles. The van der Waals surface area contributed by atoms with Gasteiger partial charge in [0.1, 0.15) is 5.54 Å². The van der Waals surface area contributed by atoms with E-state index in [0.29, 0.717) is 26.3 Å². The zero-order valence-electron chi connectivity index (χ0n) is 13.5. The Morgan fingerprint density at radius 2 is 1.87 bits per heavy atom. The number of nitrogens with one attached hydrogen (secondary N) is 1. The molecule has 2 aliphatic rings. The lowest BCUT2D eigenvalue weighted by Crippen LogP contribution is -2.48. The lowest BCUT2D eigenvalue weighted by Gasteiger charge is -2.29.